The van der Waals surface area contributed by atoms with Crippen molar-refractivity contribution in [2.45, 2.75) is 27.2 Å². The Morgan fingerprint density at radius 2 is 1.67 bits per heavy atom. The van der Waals surface area contributed by atoms with Crippen molar-refractivity contribution in [3.63, 3.8) is 0 Å². The molecule has 0 aliphatic rings. The minimum atomic E-state index is -0.162. The Morgan fingerprint density at radius 3 is 2.33 bits per heavy atom. The molecule has 0 aliphatic carbocycles. The van der Waals surface area contributed by atoms with E-state index in [0.29, 0.717) is 6.54 Å². The maximum atomic E-state index is 11.8. The van der Waals surface area contributed by atoms with Gasteiger partial charge in [0, 0.05) is 12.2 Å². The number of amides is 2. The average molecular weight is 282 g/mol. The van der Waals surface area contributed by atoms with Crippen molar-refractivity contribution in [2.75, 3.05) is 11.9 Å². The minimum Gasteiger partial charge on any atom is -0.338 e. The summed E-state index contributed by atoms with van der Waals surface area (Å²) < 4.78 is 0. The first-order chi connectivity index (χ1) is 10.0. The maximum Gasteiger partial charge on any atom is 0.319 e. The van der Waals surface area contributed by atoms with Gasteiger partial charge in [0.2, 0.25) is 0 Å². The van der Waals surface area contributed by atoms with Crippen LogP contribution in [0.4, 0.5) is 10.5 Å². The predicted octanol–water partition coefficient (Wildman–Crippen LogP) is 3.98. The SMILES string of the molecule is Cc1ccc(CCNC(=O)Nc2ccc(C)c(C)c2)cc1. The van der Waals surface area contributed by atoms with Crippen molar-refractivity contribution in [2.24, 2.45) is 0 Å². The summed E-state index contributed by atoms with van der Waals surface area (Å²) in [6, 6.07) is 14.1. The van der Waals surface area contributed by atoms with Crippen LogP contribution in [0, 0.1) is 20.8 Å². The van der Waals surface area contributed by atoms with E-state index in [2.05, 4.69) is 48.7 Å². The molecule has 0 saturated carbocycles. The summed E-state index contributed by atoms with van der Waals surface area (Å²) in [4.78, 5) is 11.8. The summed E-state index contributed by atoms with van der Waals surface area (Å²) in [5.41, 5.74) is 5.70. The summed E-state index contributed by atoms with van der Waals surface area (Å²) in [7, 11) is 0. The summed E-state index contributed by atoms with van der Waals surface area (Å²) in [5, 5.41) is 5.73. The highest BCUT2D eigenvalue weighted by molar-refractivity contribution is 5.89. The number of aryl methyl sites for hydroxylation is 3. The van der Waals surface area contributed by atoms with Gasteiger partial charge in [-0.1, -0.05) is 35.9 Å². The first-order valence-electron chi connectivity index (χ1n) is 7.22. The zero-order chi connectivity index (χ0) is 15.2. The van der Waals surface area contributed by atoms with Crippen molar-refractivity contribution in [1.82, 2.24) is 5.32 Å². The quantitative estimate of drug-likeness (QED) is 0.875. The van der Waals surface area contributed by atoms with Gasteiger partial charge in [-0.15, -0.1) is 0 Å². The van der Waals surface area contributed by atoms with Crippen LogP contribution >= 0.6 is 0 Å². The van der Waals surface area contributed by atoms with E-state index in [1.165, 1.54) is 22.3 Å². The highest BCUT2D eigenvalue weighted by Gasteiger charge is 2.02. The molecule has 0 bridgehead atoms. The van der Waals surface area contributed by atoms with Gasteiger partial charge in [-0.3, -0.25) is 0 Å². The molecule has 0 atom stereocenters. The number of benzene rings is 2. The Kier molecular flexibility index (Phi) is 4.99. The fraction of sp³-hybridized carbons (Fsp3) is 0.278. The van der Waals surface area contributed by atoms with Crippen molar-refractivity contribution >= 4 is 11.7 Å². The molecule has 3 nitrogen and oxygen atoms in total. The molecular formula is C18H22N2O. The van der Waals surface area contributed by atoms with E-state index in [1.807, 2.05) is 25.1 Å². The Balaban J connectivity index is 1.79. The molecule has 0 spiro atoms. The fourth-order valence-electron chi connectivity index (χ4n) is 2.07. The third-order valence-electron chi connectivity index (χ3n) is 3.58. The van der Waals surface area contributed by atoms with Gasteiger partial charge in [-0.2, -0.15) is 0 Å². The van der Waals surface area contributed by atoms with Crippen molar-refractivity contribution < 1.29 is 4.79 Å². The number of carbonyl (C=O) groups is 1. The summed E-state index contributed by atoms with van der Waals surface area (Å²) >= 11 is 0. The number of nitrogens with one attached hydrogen (secondary N) is 2. The summed E-state index contributed by atoms with van der Waals surface area (Å²) in [5.74, 6) is 0. The maximum absolute atomic E-state index is 11.8. The highest BCUT2D eigenvalue weighted by atomic mass is 16.2. The molecule has 0 radical (unpaired) electrons. The molecule has 2 aromatic rings. The van der Waals surface area contributed by atoms with E-state index >= 15 is 0 Å². The summed E-state index contributed by atoms with van der Waals surface area (Å²) in [6.07, 6.45) is 0.834. The van der Waals surface area contributed by atoms with Crippen LogP contribution in [0.5, 0.6) is 0 Å². The molecule has 0 aliphatic heterocycles. The van der Waals surface area contributed by atoms with Gasteiger partial charge in [0.15, 0.2) is 0 Å². The second-order valence-corrected chi connectivity index (χ2v) is 5.42. The van der Waals surface area contributed by atoms with E-state index in [-0.39, 0.29) is 6.03 Å². The topological polar surface area (TPSA) is 41.1 Å². The molecule has 2 rings (SSSR count). The first kappa shape index (κ1) is 15.1. The second kappa shape index (κ2) is 6.93. The molecule has 0 heterocycles. The van der Waals surface area contributed by atoms with Crippen LogP contribution in [0.15, 0.2) is 42.5 Å². The van der Waals surface area contributed by atoms with Gasteiger partial charge in [0.25, 0.3) is 0 Å². The van der Waals surface area contributed by atoms with E-state index in [1.54, 1.807) is 0 Å². The molecule has 0 fully saturated rings. The van der Waals surface area contributed by atoms with Crippen LogP contribution in [0.2, 0.25) is 0 Å². The van der Waals surface area contributed by atoms with Crippen LogP contribution < -0.4 is 10.6 Å². The standard InChI is InChI=1S/C18H22N2O/c1-13-4-7-16(8-5-13)10-11-19-18(21)20-17-9-6-14(2)15(3)12-17/h4-9,12H,10-11H2,1-3H3,(H2,19,20,21). The molecule has 110 valence electrons. The predicted molar refractivity (Wildman–Crippen MR) is 87.8 cm³/mol. The van der Waals surface area contributed by atoms with Gasteiger partial charge < -0.3 is 10.6 Å². The molecule has 3 heteroatoms. The smallest absolute Gasteiger partial charge is 0.319 e. The lowest BCUT2D eigenvalue weighted by Crippen LogP contribution is -2.30. The zero-order valence-corrected chi connectivity index (χ0v) is 12.9. The molecule has 21 heavy (non-hydrogen) atoms. The normalized spacial score (nSPS) is 10.2. The average Bonchev–Trinajstić information content (AvgIpc) is 2.45. The number of rotatable bonds is 4. The number of hydrogen-bond acceptors (Lipinski definition) is 1. The van der Waals surface area contributed by atoms with Gasteiger partial charge in [0.05, 0.1) is 0 Å². The van der Waals surface area contributed by atoms with E-state index in [4.69, 9.17) is 0 Å². The Labute approximate surface area is 126 Å². The van der Waals surface area contributed by atoms with Crippen molar-refractivity contribution in [3.05, 3.63) is 64.7 Å². The zero-order valence-electron chi connectivity index (χ0n) is 12.9. The highest BCUT2D eigenvalue weighted by Crippen LogP contribution is 2.13. The molecule has 2 N–H and O–H groups in total. The Hall–Kier alpha value is -2.29. The summed E-state index contributed by atoms with van der Waals surface area (Å²) in [6.45, 7) is 6.79. The molecule has 2 aromatic carbocycles. The van der Waals surface area contributed by atoms with Crippen LogP contribution in [-0.2, 0) is 6.42 Å². The number of urea groups is 1. The molecule has 2 amide bonds. The van der Waals surface area contributed by atoms with Crippen LogP contribution in [0.3, 0.4) is 0 Å². The Bertz CT molecular complexity index is 618. The third-order valence-corrected chi connectivity index (χ3v) is 3.58. The molecular weight excluding hydrogens is 260 g/mol. The minimum absolute atomic E-state index is 0.162. The van der Waals surface area contributed by atoms with Gasteiger partial charge in [-0.05, 0) is 56.0 Å². The lowest BCUT2D eigenvalue weighted by molar-refractivity contribution is 0.252. The molecule has 0 unspecified atom stereocenters. The lowest BCUT2D eigenvalue weighted by Gasteiger charge is -2.09. The monoisotopic (exact) mass is 282 g/mol. The van der Waals surface area contributed by atoms with Crippen molar-refractivity contribution in [1.29, 1.82) is 0 Å². The van der Waals surface area contributed by atoms with E-state index in [0.717, 1.165) is 12.1 Å². The van der Waals surface area contributed by atoms with Crippen LogP contribution in [0.1, 0.15) is 22.3 Å². The fourth-order valence-corrected chi connectivity index (χ4v) is 2.07. The first-order valence-corrected chi connectivity index (χ1v) is 7.22. The Morgan fingerprint density at radius 1 is 0.952 bits per heavy atom. The van der Waals surface area contributed by atoms with Gasteiger partial charge >= 0.3 is 6.03 Å². The van der Waals surface area contributed by atoms with Gasteiger partial charge in [-0.25, -0.2) is 4.79 Å². The third kappa shape index (κ3) is 4.63. The second-order valence-electron chi connectivity index (χ2n) is 5.42. The molecule has 0 saturated heterocycles. The largest absolute Gasteiger partial charge is 0.338 e. The molecule has 0 aromatic heterocycles. The van der Waals surface area contributed by atoms with E-state index in [9.17, 15) is 4.79 Å². The van der Waals surface area contributed by atoms with E-state index < -0.39 is 0 Å². The number of anilines is 1. The number of hydrogen-bond donors (Lipinski definition) is 2. The van der Waals surface area contributed by atoms with Crippen LogP contribution in [0.25, 0.3) is 0 Å². The van der Waals surface area contributed by atoms with Crippen LogP contribution in [-0.4, -0.2) is 12.6 Å². The van der Waals surface area contributed by atoms with Gasteiger partial charge in [0.1, 0.15) is 0 Å². The number of carbonyl (C=O) groups excluding carboxylic acids is 1. The lowest BCUT2D eigenvalue weighted by atomic mass is 10.1. The van der Waals surface area contributed by atoms with Crippen molar-refractivity contribution in [3.8, 4) is 0 Å².